The molecule has 25 heavy (non-hydrogen) atoms. The topological polar surface area (TPSA) is 71.9 Å². The lowest BCUT2D eigenvalue weighted by Crippen LogP contribution is -2.48. The first kappa shape index (κ1) is 19.6. The molecule has 0 saturated carbocycles. The summed E-state index contributed by atoms with van der Waals surface area (Å²) < 4.78 is 0. The minimum atomic E-state index is -0.0564. The number of aromatic nitrogens is 1. The molecule has 0 aromatic carbocycles. The van der Waals surface area contributed by atoms with Crippen LogP contribution >= 0.6 is 0 Å². The highest BCUT2D eigenvalue weighted by Gasteiger charge is 2.22. The van der Waals surface area contributed by atoms with Crippen molar-refractivity contribution < 1.29 is 9.90 Å². The molecule has 1 aliphatic heterocycles. The Labute approximate surface area is 150 Å². The molecule has 1 aliphatic rings. The van der Waals surface area contributed by atoms with E-state index in [1.54, 1.807) is 0 Å². The van der Waals surface area contributed by atoms with E-state index in [1.807, 2.05) is 33.2 Å². The van der Waals surface area contributed by atoms with Gasteiger partial charge in [-0.05, 0) is 46.1 Å². The van der Waals surface area contributed by atoms with Crippen LogP contribution in [0, 0.1) is 6.92 Å². The lowest BCUT2D eigenvalue weighted by atomic mass is 10.2. The van der Waals surface area contributed by atoms with Gasteiger partial charge in [0.25, 0.3) is 5.91 Å². The number of anilines is 1. The van der Waals surface area contributed by atoms with Crippen LogP contribution in [0.1, 0.15) is 22.5 Å². The van der Waals surface area contributed by atoms with E-state index in [4.69, 9.17) is 5.11 Å². The Morgan fingerprint density at radius 3 is 2.64 bits per heavy atom. The molecular weight excluding hydrogens is 318 g/mol. The summed E-state index contributed by atoms with van der Waals surface area (Å²) in [6, 6.07) is 3.76. The van der Waals surface area contributed by atoms with Gasteiger partial charge in [-0.15, -0.1) is 0 Å². The average Bonchev–Trinajstić information content (AvgIpc) is 2.59. The molecule has 2 rings (SSSR count). The van der Waals surface area contributed by atoms with Crippen LogP contribution in [0.25, 0.3) is 0 Å². The second-order valence-electron chi connectivity index (χ2n) is 6.79. The second kappa shape index (κ2) is 9.70. The number of aliphatic hydroxyl groups is 1. The summed E-state index contributed by atoms with van der Waals surface area (Å²) in [6.45, 7) is 7.83. The normalized spacial score (nSPS) is 15.6. The molecule has 0 unspecified atom stereocenters. The van der Waals surface area contributed by atoms with Crippen LogP contribution < -0.4 is 10.2 Å². The van der Waals surface area contributed by atoms with Crippen molar-refractivity contribution in [3.8, 4) is 0 Å². The van der Waals surface area contributed by atoms with Crippen molar-refractivity contribution >= 4 is 11.7 Å². The van der Waals surface area contributed by atoms with E-state index in [2.05, 4.69) is 25.0 Å². The fraction of sp³-hybridized carbons (Fsp3) is 0.667. The number of aryl methyl sites for hydroxylation is 1. The molecule has 140 valence electrons. The Balaban J connectivity index is 2.01. The number of amides is 1. The van der Waals surface area contributed by atoms with Gasteiger partial charge >= 0.3 is 0 Å². The third-order valence-electron chi connectivity index (χ3n) is 4.41. The number of aliphatic hydroxyl groups excluding tert-OH is 1. The first-order valence-electron chi connectivity index (χ1n) is 9.00. The number of carbonyl (C=O) groups is 1. The Morgan fingerprint density at radius 1 is 1.28 bits per heavy atom. The van der Waals surface area contributed by atoms with Crippen LogP contribution in [0.5, 0.6) is 0 Å². The van der Waals surface area contributed by atoms with Crippen LogP contribution in [0.2, 0.25) is 0 Å². The summed E-state index contributed by atoms with van der Waals surface area (Å²) in [5.74, 6) is 0.716. The summed E-state index contributed by atoms with van der Waals surface area (Å²) in [6.07, 6.45) is 0.924. The van der Waals surface area contributed by atoms with E-state index in [-0.39, 0.29) is 12.5 Å². The van der Waals surface area contributed by atoms with Gasteiger partial charge in [-0.3, -0.25) is 9.69 Å². The number of rotatable bonds is 8. The molecule has 7 nitrogen and oxygen atoms in total. The van der Waals surface area contributed by atoms with Crippen molar-refractivity contribution in [1.82, 2.24) is 20.1 Å². The molecule has 1 amide bonds. The molecule has 7 heteroatoms. The predicted octanol–water partition coefficient (Wildman–Crippen LogP) is 0.186. The number of nitrogens with zero attached hydrogens (tertiary/aromatic N) is 4. The van der Waals surface area contributed by atoms with E-state index in [9.17, 15) is 4.79 Å². The molecule has 0 atom stereocenters. The highest BCUT2D eigenvalue weighted by atomic mass is 16.3. The fourth-order valence-corrected chi connectivity index (χ4v) is 2.98. The number of hydrogen-bond donors (Lipinski definition) is 2. The molecule has 2 heterocycles. The molecule has 1 saturated heterocycles. The van der Waals surface area contributed by atoms with Gasteiger partial charge in [-0.1, -0.05) is 0 Å². The molecule has 0 spiro atoms. The van der Waals surface area contributed by atoms with Gasteiger partial charge in [-0.25, -0.2) is 4.98 Å². The molecule has 0 bridgehead atoms. The number of β-amino-alcohol motifs (C(OH)–C–C–N with tert-alkyl or cyclic N) is 1. The van der Waals surface area contributed by atoms with E-state index >= 15 is 0 Å². The third kappa shape index (κ3) is 5.95. The van der Waals surface area contributed by atoms with Crippen molar-refractivity contribution in [2.24, 2.45) is 0 Å². The summed E-state index contributed by atoms with van der Waals surface area (Å²) in [5.41, 5.74) is 1.56. The maximum atomic E-state index is 12.6. The van der Waals surface area contributed by atoms with E-state index < -0.39 is 0 Å². The minimum Gasteiger partial charge on any atom is -0.395 e. The van der Waals surface area contributed by atoms with E-state index in [0.717, 1.165) is 50.7 Å². The molecular formula is C18H31N5O2. The lowest BCUT2D eigenvalue weighted by molar-refractivity contribution is 0.0952. The van der Waals surface area contributed by atoms with Crippen LogP contribution in [0.15, 0.2) is 12.1 Å². The van der Waals surface area contributed by atoms with Crippen molar-refractivity contribution in [1.29, 1.82) is 0 Å². The molecule has 1 aromatic heterocycles. The smallest absolute Gasteiger partial charge is 0.255 e. The van der Waals surface area contributed by atoms with E-state index in [1.165, 1.54) is 0 Å². The number of hydrogen-bond acceptors (Lipinski definition) is 6. The zero-order valence-electron chi connectivity index (χ0n) is 15.7. The number of nitrogens with one attached hydrogen (secondary N) is 1. The Bertz CT molecular complexity index is 556. The standard InChI is InChI=1S/C18H31N5O2/c1-15-5-6-16(18(25)19-7-4-8-21(2)3)17(20-15)23-11-9-22(10-12-23)13-14-24/h5-6,24H,4,7-14H2,1-3H3,(H,19,25). The van der Waals surface area contributed by atoms with Gasteiger partial charge in [0.15, 0.2) is 0 Å². The van der Waals surface area contributed by atoms with Gasteiger partial charge in [-0.2, -0.15) is 0 Å². The number of piperazine rings is 1. The molecule has 1 aromatic rings. The van der Waals surface area contributed by atoms with Gasteiger partial charge in [0.05, 0.1) is 12.2 Å². The number of pyridine rings is 1. The lowest BCUT2D eigenvalue weighted by Gasteiger charge is -2.35. The summed E-state index contributed by atoms with van der Waals surface area (Å²) >= 11 is 0. The summed E-state index contributed by atoms with van der Waals surface area (Å²) in [7, 11) is 4.06. The van der Waals surface area contributed by atoms with Gasteiger partial charge in [0.2, 0.25) is 0 Å². The Hall–Kier alpha value is -1.70. The zero-order chi connectivity index (χ0) is 18.2. The first-order chi connectivity index (χ1) is 12.0. The van der Waals surface area contributed by atoms with Gasteiger partial charge in [0.1, 0.15) is 5.82 Å². The zero-order valence-corrected chi connectivity index (χ0v) is 15.7. The van der Waals surface area contributed by atoms with Crippen molar-refractivity contribution in [3.63, 3.8) is 0 Å². The molecule has 1 fully saturated rings. The maximum Gasteiger partial charge on any atom is 0.255 e. The van der Waals surface area contributed by atoms with Crippen LogP contribution in [0.3, 0.4) is 0 Å². The van der Waals surface area contributed by atoms with Crippen molar-refractivity contribution in [3.05, 3.63) is 23.4 Å². The van der Waals surface area contributed by atoms with Crippen LogP contribution in [0.4, 0.5) is 5.82 Å². The van der Waals surface area contributed by atoms with Crippen LogP contribution in [-0.4, -0.2) is 92.3 Å². The van der Waals surface area contributed by atoms with Gasteiger partial charge in [0, 0.05) is 45.0 Å². The molecule has 0 radical (unpaired) electrons. The Kier molecular flexibility index (Phi) is 7.61. The minimum absolute atomic E-state index is 0.0564. The van der Waals surface area contributed by atoms with E-state index in [0.29, 0.717) is 18.7 Å². The van der Waals surface area contributed by atoms with Crippen molar-refractivity contribution in [2.75, 3.05) is 71.4 Å². The summed E-state index contributed by atoms with van der Waals surface area (Å²) in [5, 5.41) is 12.1. The first-order valence-corrected chi connectivity index (χ1v) is 9.00. The fourth-order valence-electron chi connectivity index (χ4n) is 2.98. The predicted molar refractivity (Wildman–Crippen MR) is 100 cm³/mol. The number of carbonyl (C=O) groups excluding carboxylic acids is 1. The van der Waals surface area contributed by atoms with Gasteiger partial charge < -0.3 is 20.2 Å². The third-order valence-corrected chi connectivity index (χ3v) is 4.41. The van der Waals surface area contributed by atoms with Crippen LogP contribution in [-0.2, 0) is 0 Å². The monoisotopic (exact) mass is 349 g/mol. The second-order valence-corrected chi connectivity index (χ2v) is 6.79. The average molecular weight is 349 g/mol. The Morgan fingerprint density at radius 2 is 2.00 bits per heavy atom. The SMILES string of the molecule is Cc1ccc(C(=O)NCCCN(C)C)c(N2CCN(CCO)CC2)n1. The highest BCUT2D eigenvalue weighted by Crippen LogP contribution is 2.20. The summed E-state index contributed by atoms with van der Waals surface area (Å²) in [4.78, 5) is 23.7. The van der Waals surface area contributed by atoms with Crippen molar-refractivity contribution in [2.45, 2.75) is 13.3 Å². The highest BCUT2D eigenvalue weighted by molar-refractivity contribution is 5.99. The molecule has 0 aliphatic carbocycles. The quantitative estimate of drug-likeness (QED) is 0.653. The largest absolute Gasteiger partial charge is 0.395 e. The molecule has 2 N–H and O–H groups in total. The maximum absolute atomic E-state index is 12.6.